The number of rotatable bonds is 5. The number of ether oxygens (including phenoxy) is 1. The minimum atomic E-state index is -0.0187. The van der Waals surface area contributed by atoms with Crippen molar-refractivity contribution in [1.29, 1.82) is 0 Å². The van der Waals surface area contributed by atoms with Crippen LogP contribution in [0.15, 0.2) is 29.1 Å². The van der Waals surface area contributed by atoms with E-state index in [4.69, 9.17) is 4.74 Å². The van der Waals surface area contributed by atoms with Crippen molar-refractivity contribution < 1.29 is 9.53 Å². The van der Waals surface area contributed by atoms with Crippen LogP contribution in [-0.2, 0) is 17.6 Å². The van der Waals surface area contributed by atoms with Crippen molar-refractivity contribution in [2.45, 2.75) is 39.0 Å². The van der Waals surface area contributed by atoms with Crippen LogP contribution in [0.5, 0.6) is 5.75 Å². The van der Waals surface area contributed by atoms with E-state index < -0.39 is 0 Å². The normalized spacial score (nSPS) is 16.8. The Morgan fingerprint density at radius 3 is 2.68 bits per heavy atom. The number of aromatic nitrogens is 2. The Bertz CT molecular complexity index is 789. The minimum Gasteiger partial charge on any atom is -0.497 e. The molecule has 0 bridgehead atoms. The molecule has 0 saturated heterocycles. The van der Waals surface area contributed by atoms with E-state index >= 15 is 0 Å². The lowest BCUT2D eigenvalue weighted by molar-refractivity contribution is -0.125. The fourth-order valence-corrected chi connectivity index (χ4v) is 3.33. The van der Waals surface area contributed by atoms with Gasteiger partial charge in [0.15, 0.2) is 0 Å². The molecule has 0 fully saturated rings. The van der Waals surface area contributed by atoms with Gasteiger partial charge in [-0.25, -0.2) is 4.68 Å². The number of aromatic amines is 1. The largest absolute Gasteiger partial charge is 0.497 e. The number of nitrogens with one attached hydrogen (secondary N) is 2. The molecule has 1 aromatic carbocycles. The number of carbonyl (C=O) groups excluding carboxylic acids is 1. The average Bonchev–Trinajstić information content (AvgIpc) is 2.82. The van der Waals surface area contributed by atoms with E-state index in [9.17, 15) is 9.59 Å². The van der Waals surface area contributed by atoms with Crippen LogP contribution in [0.2, 0.25) is 0 Å². The molecular formula is C19H25N3O3. The Morgan fingerprint density at radius 2 is 2.00 bits per heavy atom. The number of fused-ring (bicyclic) bond motifs is 1. The highest BCUT2D eigenvalue weighted by molar-refractivity contribution is 5.78. The molecule has 1 aliphatic carbocycles. The molecule has 1 atom stereocenters. The standard InChI is InChI=1S/C19H25N3O3/c1-3-12-20-18(23)13-4-10-16-17(11-5-13)21-22(19(16)24)14-6-8-15(25-2)9-7-14/h6-9,13,21H,3-5,10-12H2,1-2H3,(H,20,23). The van der Waals surface area contributed by atoms with Crippen LogP contribution in [0.4, 0.5) is 0 Å². The number of H-pyrrole nitrogens is 1. The Morgan fingerprint density at radius 1 is 1.28 bits per heavy atom. The summed E-state index contributed by atoms with van der Waals surface area (Å²) in [4.78, 5) is 25.0. The van der Waals surface area contributed by atoms with Crippen LogP contribution in [-0.4, -0.2) is 29.3 Å². The van der Waals surface area contributed by atoms with Gasteiger partial charge in [-0.2, -0.15) is 0 Å². The van der Waals surface area contributed by atoms with Crippen molar-refractivity contribution in [1.82, 2.24) is 15.1 Å². The summed E-state index contributed by atoms with van der Waals surface area (Å²) in [5.74, 6) is 0.856. The highest BCUT2D eigenvalue weighted by Crippen LogP contribution is 2.23. The average molecular weight is 343 g/mol. The van der Waals surface area contributed by atoms with Crippen LogP contribution in [0, 0.1) is 5.92 Å². The third-order valence-electron chi connectivity index (χ3n) is 4.81. The summed E-state index contributed by atoms with van der Waals surface area (Å²) < 4.78 is 6.74. The van der Waals surface area contributed by atoms with Crippen LogP contribution in [0.3, 0.4) is 0 Å². The summed E-state index contributed by atoms with van der Waals surface area (Å²) in [6.07, 6.45) is 3.78. The van der Waals surface area contributed by atoms with Crippen molar-refractivity contribution in [3.05, 3.63) is 45.9 Å². The first-order chi connectivity index (χ1) is 12.1. The van der Waals surface area contributed by atoms with Crippen molar-refractivity contribution in [3.8, 4) is 11.4 Å². The maximum atomic E-state index is 12.8. The van der Waals surface area contributed by atoms with Gasteiger partial charge in [0, 0.05) is 23.7 Å². The molecule has 0 aliphatic heterocycles. The molecule has 2 aromatic rings. The van der Waals surface area contributed by atoms with Crippen LogP contribution in [0.25, 0.3) is 5.69 Å². The van der Waals surface area contributed by atoms with Crippen LogP contribution >= 0.6 is 0 Å². The molecular weight excluding hydrogens is 318 g/mol. The zero-order valence-electron chi connectivity index (χ0n) is 14.8. The van der Waals surface area contributed by atoms with Gasteiger partial charge in [-0.15, -0.1) is 0 Å². The van der Waals surface area contributed by atoms with E-state index in [1.807, 2.05) is 31.2 Å². The lowest BCUT2D eigenvalue weighted by Crippen LogP contribution is -2.31. The van der Waals surface area contributed by atoms with Crippen molar-refractivity contribution in [2.24, 2.45) is 5.92 Å². The number of hydrogen-bond acceptors (Lipinski definition) is 3. The number of carbonyl (C=O) groups is 1. The molecule has 0 radical (unpaired) electrons. The monoisotopic (exact) mass is 343 g/mol. The molecule has 25 heavy (non-hydrogen) atoms. The first kappa shape index (κ1) is 17.3. The van der Waals surface area contributed by atoms with Gasteiger partial charge in [0.2, 0.25) is 5.91 Å². The second-order valence-electron chi connectivity index (χ2n) is 6.47. The van der Waals surface area contributed by atoms with Crippen LogP contribution < -0.4 is 15.6 Å². The number of hydrogen-bond donors (Lipinski definition) is 2. The molecule has 0 saturated carbocycles. The summed E-state index contributed by atoms with van der Waals surface area (Å²) in [5, 5.41) is 6.20. The highest BCUT2D eigenvalue weighted by atomic mass is 16.5. The fraction of sp³-hybridized carbons (Fsp3) is 0.474. The Hall–Kier alpha value is -2.50. The first-order valence-electron chi connectivity index (χ1n) is 8.89. The van der Waals surface area contributed by atoms with E-state index in [1.165, 1.54) is 0 Å². The number of benzene rings is 1. The molecule has 6 nitrogen and oxygen atoms in total. The third kappa shape index (κ3) is 3.62. The predicted octanol–water partition coefficient (Wildman–Crippen LogP) is 2.20. The number of amides is 1. The molecule has 1 aromatic heterocycles. The molecule has 3 rings (SSSR count). The van der Waals surface area contributed by atoms with E-state index in [0.717, 1.165) is 48.4 Å². The Kier molecular flexibility index (Phi) is 5.26. The van der Waals surface area contributed by atoms with Crippen molar-refractivity contribution >= 4 is 5.91 Å². The number of aryl methyl sites for hydroxylation is 1. The lowest BCUT2D eigenvalue weighted by atomic mass is 9.99. The maximum absolute atomic E-state index is 12.8. The molecule has 6 heteroatoms. The van der Waals surface area contributed by atoms with E-state index in [1.54, 1.807) is 11.8 Å². The molecule has 1 heterocycles. The highest BCUT2D eigenvalue weighted by Gasteiger charge is 2.25. The minimum absolute atomic E-state index is 0.0128. The number of nitrogens with zero attached hydrogens (tertiary/aromatic N) is 1. The zero-order chi connectivity index (χ0) is 17.8. The molecule has 1 amide bonds. The van der Waals surface area contributed by atoms with Gasteiger partial charge in [-0.05, 0) is 56.4 Å². The molecule has 0 spiro atoms. The summed E-state index contributed by atoms with van der Waals surface area (Å²) in [6.45, 7) is 2.75. The summed E-state index contributed by atoms with van der Waals surface area (Å²) >= 11 is 0. The maximum Gasteiger partial charge on any atom is 0.274 e. The molecule has 2 N–H and O–H groups in total. The predicted molar refractivity (Wildman–Crippen MR) is 96.4 cm³/mol. The van der Waals surface area contributed by atoms with Gasteiger partial charge < -0.3 is 10.1 Å². The van der Waals surface area contributed by atoms with Crippen molar-refractivity contribution in [2.75, 3.05) is 13.7 Å². The molecule has 1 unspecified atom stereocenters. The van der Waals surface area contributed by atoms with Gasteiger partial charge in [-0.3, -0.25) is 14.7 Å². The zero-order valence-corrected chi connectivity index (χ0v) is 14.8. The topological polar surface area (TPSA) is 76.1 Å². The molecule has 1 aliphatic rings. The second-order valence-corrected chi connectivity index (χ2v) is 6.47. The van der Waals surface area contributed by atoms with Gasteiger partial charge >= 0.3 is 0 Å². The smallest absolute Gasteiger partial charge is 0.274 e. The fourth-order valence-electron chi connectivity index (χ4n) is 3.33. The van der Waals surface area contributed by atoms with Gasteiger partial charge in [0.25, 0.3) is 5.56 Å². The van der Waals surface area contributed by atoms with Gasteiger partial charge in [0.05, 0.1) is 12.8 Å². The van der Waals surface area contributed by atoms with Crippen LogP contribution in [0.1, 0.15) is 37.4 Å². The lowest BCUT2D eigenvalue weighted by Gasteiger charge is -2.13. The summed E-state index contributed by atoms with van der Waals surface area (Å²) in [6, 6.07) is 7.39. The Labute approximate surface area is 147 Å². The molecule has 134 valence electrons. The number of methoxy groups -OCH3 is 1. The van der Waals surface area contributed by atoms with E-state index in [0.29, 0.717) is 13.0 Å². The van der Waals surface area contributed by atoms with E-state index in [-0.39, 0.29) is 17.4 Å². The van der Waals surface area contributed by atoms with Crippen molar-refractivity contribution in [3.63, 3.8) is 0 Å². The van der Waals surface area contributed by atoms with Gasteiger partial charge in [0.1, 0.15) is 5.75 Å². The summed E-state index contributed by atoms with van der Waals surface area (Å²) in [5.41, 5.74) is 2.53. The van der Waals surface area contributed by atoms with E-state index in [2.05, 4.69) is 10.4 Å². The summed E-state index contributed by atoms with van der Waals surface area (Å²) in [7, 11) is 1.62. The quantitative estimate of drug-likeness (QED) is 0.817. The van der Waals surface area contributed by atoms with Gasteiger partial charge in [-0.1, -0.05) is 6.92 Å². The third-order valence-corrected chi connectivity index (χ3v) is 4.81. The Balaban J connectivity index is 1.78. The SMILES string of the molecule is CCCNC(=O)C1CCc2[nH]n(-c3ccc(OC)cc3)c(=O)c2CC1. The second kappa shape index (κ2) is 7.59. The first-order valence-corrected chi connectivity index (χ1v) is 8.89.